The third-order valence-electron chi connectivity index (χ3n) is 2.91. The van der Waals surface area contributed by atoms with Crippen LogP contribution in [0.2, 0.25) is 0 Å². The Hall–Kier alpha value is -2.39. The lowest BCUT2D eigenvalue weighted by molar-refractivity contribution is -0.255. The van der Waals surface area contributed by atoms with Crippen LogP contribution in [0.5, 0.6) is 5.75 Å². The third kappa shape index (κ3) is 3.43. The van der Waals surface area contributed by atoms with Crippen LogP contribution in [0, 0.1) is 0 Å². The van der Waals surface area contributed by atoms with Gasteiger partial charge >= 0.3 is 5.97 Å². The van der Waals surface area contributed by atoms with Crippen molar-refractivity contribution in [1.82, 2.24) is 4.57 Å². The van der Waals surface area contributed by atoms with Crippen molar-refractivity contribution in [2.75, 3.05) is 28.4 Å². The molecule has 1 heterocycles. The number of methoxy groups -OCH3 is 4. The summed E-state index contributed by atoms with van der Waals surface area (Å²) in [5.74, 6) is -3.02. The Bertz CT molecular complexity index is 617. The van der Waals surface area contributed by atoms with Crippen LogP contribution < -0.4 is 15.3 Å². The molecule has 1 rings (SSSR count). The molecule has 9 nitrogen and oxygen atoms in total. The zero-order valence-corrected chi connectivity index (χ0v) is 12.6. The summed E-state index contributed by atoms with van der Waals surface area (Å²) in [4.78, 5) is 35.0. The molecule has 0 spiro atoms. The number of aromatic nitrogens is 1. The van der Waals surface area contributed by atoms with Crippen LogP contribution in [-0.2, 0) is 20.8 Å². The smallest absolute Gasteiger partial charge is 0.358 e. The SMILES string of the molecule is COC(=O)c1c(OC)c(=O)c(C(=O)[O-])cn1CC(OC)OC. The monoisotopic (exact) mass is 314 g/mol. The number of carbonyl (C=O) groups excluding carboxylic acids is 2. The normalized spacial score (nSPS) is 10.6. The van der Waals surface area contributed by atoms with Crippen molar-refractivity contribution in [3.8, 4) is 5.75 Å². The summed E-state index contributed by atoms with van der Waals surface area (Å²) < 4.78 is 20.6. The first kappa shape index (κ1) is 17.7. The van der Waals surface area contributed by atoms with E-state index in [4.69, 9.17) is 14.2 Å². The first-order valence-corrected chi connectivity index (χ1v) is 6.07. The predicted octanol–water partition coefficient (Wildman–Crippen LogP) is -1.37. The highest BCUT2D eigenvalue weighted by Gasteiger charge is 2.24. The molecular weight excluding hydrogens is 298 g/mol. The summed E-state index contributed by atoms with van der Waals surface area (Å²) in [5.41, 5.74) is -1.89. The van der Waals surface area contributed by atoms with Gasteiger partial charge in [-0.25, -0.2) is 4.79 Å². The van der Waals surface area contributed by atoms with Crippen LogP contribution in [0.25, 0.3) is 0 Å². The Balaban J connectivity index is 3.62. The molecule has 0 amide bonds. The van der Waals surface area contributed by atoms with Crippen LogP contribution >= 0.6 is 0 Å². The highest BCUT2D eigenvalue weighted by atomic mass is 16.7. The Labute approximate surface area is 126 Å². The van der Waals surface area contributed by atoms with Gasteiger partial charge in [0.2, 0.25) is 5.43 Å². The van der Waals surface area contributed by atoms with Gasteiger partial charge in [0.1, 0.15) is 0 Å². The van der Waals surface area contributed by atoms with Crippen LogP contribution in [0.15, 0.2) is 11.0 Å². The molecule has 22 heavy (non-hydrogen) atoms. The van der Waals surface area contributed by atoms with Gasteiger partial charge in [-0.05, 0) is 0 Å². The molecule has 0 unspecified atom stereocenters. The number of hydrogen-bond acceptors (Lipinski definition) is 8. The number of hydrogen-bond donors (Lipinski definition) is 0. The Morgan fingerprint density at radius 2 is 1.82 bits per heavy atom. The molecule has 0 aromatic carbocycles. The summed E-state index contributed by atoms with van der Waals surface area (Å²) in [6.45, 7) is -0.0750. The third-order valence-corrected chi connectivity index (χ3v) is 2.91. The molecule has 1 aromatic rings. The molecule has 0 aliphatic carbocycles. The predicted molar refractivity (Wildman–Crippen MR) is 70.7 cm³/mol. The van der Waals surface area contributed by atoms with E-state index >= 15 is 0 Å². The van der Waals surface area contributed by atoms with E-state index in [0.717, 1.165) is 25.0 Å². The van der Waals surface area contributed by atoms with Crippen LogP contribution in [0.1, 0.15) is 20.8 Å². The molecule has 0 bridgehead atoms. The molecule has 122 valence electrons. The van der Waals surface area contributed by atoms with Crippen molar-refractivity contribution in [2.24, 2.45) is 0 Å². The van der Waals surface area contributed by atoms with E-state index in [9.17, 15) is 19.5 Å². The lowest BCUT2D eigenvalue weighted by Gasteiger charge is -2.20. The van der Waals surface area contributed by atoms with Crippen LogP contribution in [0.3, 0.4) is 0 Å². The summed E-state index contributed by atoms with van der Waals surface area (Å²) in [6, 6.07) is 0. The van der Waals surface area contributed by atoms with Crippen molar-refractivity contribution in [3.05, 3.63) is 27.7 Å². The largest absolute Gasteiger partial charge is 0.545 e. The molecule has 0 saturated carbocycles. The van der Waals surface area contributed by atoms with Gasteiger partial charge in [0.25, 0.3) is 0 Å². The molecule has 0 aliphatic heterocycles. The van der Waals surface area contributed by atoms with E-state index in [1.54, 1.807) is 0 Å². The van der Waals surface area contributed by atoms with E-state index in [-0.39, 0.29) is 12.2 Å². The molecular formula is C13H16NO8-. The van der Waals surface area contributed by atoms with Gasteiger partial charge in [-0.2, -0.15) is 0 Å². The second-order valence-electron chi connectivity index (χ2n) is 4.09. The second kappa shape index (κ2) is 7.57. The van der Waals surface area contributed by atoms with Crippen molar-refractivity contribution in [3.63, 3.8) is 0 Å². The fourth-order valence-corrected chi connectivity index (χ4v) is 1.83. The Morgan fingerprint density at radius 1 is 1.23 bits per heavy atom. The highest BCUT2D eigenvalue weighted by Crippen LogP contribution is 2.17. The van der Waals surface area contributed by atoms with Crippen molar-refractivity contribution in [1.29, 1.82) is 0 Å². The van der Waals surface area contributed by atoms with Crippen molar-refractivity contribution >= 4 is 11.9 Å². The van der Waals surface area contributed by atoms with Crippen LogP contribution in [0.4, 0.5) is 0 Å². The van der Waals surface area contributed by atoms with E-state index < -0.39 is 35.0 Å². The van der Waals surface area contributed by atoms with E-state index in [2.05, 4.69) is 4.74 Å². The topological polar surface area (TPSA) is 116 Å². The van der Waals surface area contributed by atoms with Gasteiger partial charge in [-0.15, -0.1) is 0 Å². The summed E-state index contributed by atoms with van der Waals surface area (Å²) >= 11 is 0. The van der Waals surface area contributed by atoms with Gasteiger partial charge in [0.15, 0.2) is 17.7 Å². The minimum atomic E-state index is -1.69. The fraction of sp³-hybridized carbons (Fsp3) is 0.462. The average molecular weight is 314 g/mol. The van der Waals surface area contributed by atoms with Gasteiger partial charge < -0.3 is 33.4 Å². The number of esters is 1. The number of carbonyl (C=O) groups is 2. The minimum Gasteiger partial charge on any atom is -0.545 e. The van der Waals surface area contributed by atoms with E-state index in [0.29, 0.717) is 0 Å². The second-order valence-corrected chi connectivity index (χ2v) is 4.09. The standard InChI is InChI=1S/C13H17NO8/c1-19-8(20-2)6-14-5-7(12(16)17)10(15)11(21-3)9(14)13(18)22-4/h5,8H,6H2,1-4H3,(H,16,17)/p-1. The van der Waals surface area contributed by atoms with Gasteiger partial charge in [-0.1, -0.05) is 0 Å². The Kier molecular flexibility index (Phi) is 6.08. The lowest BCUT2D eigenvalue weighted by Crippen LogP contribution is -2.34. The number of aromatic carboxylic acids is 1. The molecule has 0 aliphatic rings. The van der Waals surface area contributed by atoms with E-state index in [1.165, 1.54) is 14.2 Å². The fourth-order valence-electron chi connectivity index (χ4n) is 1.83. The van der Waals surface area contributed by atoms with Crippen molar-refractivity contribution in [2.45, 2.75) is 12.8 Å². The molecule has 0 radical (unpaired) electrons. The maximum absolute atomic E-state index is 12.0. The number of carboxylic acid groups (broad SMARTS) is 1. The summed E-state index contributed by atoms with van der Waals surface area (Å²) in [6.07, 6.45) is 0.169. The summed E-state index contributed by atoms with van der Waals surface area (Å²) in [7, 11) is 4.99. The van der Waals surface area contributed by atoms with Gasteiger partial charge in [-0.3, -0.25) is 4.79 Å². The molecule has 9 heteroatoms. The van der Waals surface area contributed by atoms with Gasteiger partial charge in [0, 0.05) is 20.4 Å². The first-order chi connectivity index (χ1) is 10.4. The van der Waals surface area contributed by atoms with E-state index in [1.807, 2.05) is 0 Å². The molecule has 0 N–H and O–H groups in total. The Morgan fingerprint density at radius 3 is 2.23 bits per heavy atom. The number of nitrogens with zero attached hydrogens (tertiary/aromatic N) is 1. The number of rotatable bonds is 7. The first-order valence-electron chi connectivity index (χ1n) is 6.07. The number of ether oxygens (including phenoxy) is 4. The molecule has 0 atom stereocenters. The lowest BCUT2D eigenvalue weighted by atomic mass is 10.2. The average Bonchev–Trinajstić information content (AvgIpc) is 2.51. The summed E-state index contributed by atoms with van der Waals surface area (Å²) in [5, 5.41) is 11.1. The van der Waals surface area contributed by atoms with Gasteiger partial charge in [0.05, 0.1) is 32.3 Å². The zero-order valence-electron chi connectivity index (χ0n) is 12.6. The van der Waals surface area contributed by atoms with Crippen LogP contribution in [-0.4, -0.2) is 51.2 Å². The zero-order chi connectivity index (χ0) is 16.9. The maximum atomic E-state index is 12.0. The maximum Gasteiger partial charge on any atom is 0.358 e. The number of pyridine rings is 1. The highest BCUT2D eigenvalue weighted by molar-refractivity contribution is 5.93. The molecule has 0 saturated heterocycles. The molecule has 0 fully saturated rings. The quantitative estimate of drug-likeness (QED) is 0.447. The number of carboxylic acids is 1. The molecule has 1 aromatic heterocycles. The van der Waals surface area contributed by atoms with Crippen molar-refractivity contribution < 1.29 is 33.6 Å². The minimum absolute atomic E-state index is 0.0750.